The molecule has 4 rings (SSSR count). The van der Waals surface area contributed by atoms with Gasteiger partial charge < -0.3 is 10.6 Å². The van der Waals surface area contributed by atoms with Crippen molar-refractivity contribution in [1.82, 2.24) is 10.6 Å². The van der Waals surface area contributed by atoms with E-state index in [1.54, 1.807) is 12.1 Å². The highest BCUT2D eigenvalue weighted by atomic mass is 32.2. The first-order chi connectivity index (χ1) is 22.8. The second kappa shape index (κ2) is 15.1. The van der Waals surface area contributed by atoms with Gasteiger partial charge in [-0.1, -0.05) is 48.5 Å². The SMILES string of the molecule is O=C(CN(c1cccc([N+](=O)[O-])c1)S(=O)(=O)c1ccccc1)NCCNC(=O)CN(c1cccc([N+](=O)[O-])c1)S(=O)(=O)c1ccccc1. The second-order valence-corrected chi connectivity index (χ2v) is 13.6. The van der Waals surface area contributed by atoms with Gasteiger partial charge in [-0.25, -0.2) is 16.8 Å². The molecule has 0 aliphatic heterocycles. The van der Waals surface area contributed by atoms with Crippen molar-refractivity contribution in [3.8, 4) is 0 Å². The van der Waals surface area contributed by atoms with Gasteiger partial charge in [0.25, 0.3) is 31.4 Å². The number of rotatable bonds is 15. The average molecular weight is 697 g/mol. The van der Waals surface area contributed by atoms with Gasteiger partial charge >= 0.3 is 0 Å². The number of non-ortho nitro benzene ring substituents is 2. The van der Waals surface area contributed by atoms with Gasteiger partial charge in [0.2, 0.25) is 11.8 Å². The van der Waals surface area contributed by atoms with Crippen molar-refractivity contribution in [1.29, 1.82) is 0 Å². The van der Waals surface area contributed by atoms with Crippen LogP contribution in [-0.2, 0) is 29.6 Å². The number of hydrogen-bond acceptors (Lipinski definition) is 10. The zero-order valence-corrected chi connectivity index (χ0v) is 26.5. The van der Waals surface area contributed by atoms with E-state index in [1.807, 2.05) is 0 Å². The molecule has 0 aromatic heterocycles. The van der Waals surface area contributed by atoms with Crippen LogP contribution in [0.15, 0.2) is 119 Å². The third-order valence-electron chi connectivity index (χ3n) is 6.66. The molecule has 18 heteroatoms. The molecule has 0 fully saturated rings. The van der Waals surface area contributed by atoms with E-state index in [2.05, 4.69) is 10.6 Å². The molecule has 4 aromatic rings. The number of nitrogens with zero attached hydrogens (tertiary/aromatic N) is 4. The topological polar surface area (TPSA) is 219 Å². The molecule has 16 nitrogen and oxygen atoms in total. The Morgan fingerprint density at radius 2 is 0.917 bits per heavy atom. The first-order valence-electron chi connectivity index (χ1n) is 14.0. The summed E-state index contributed by atoms with van der Waals surface area (Å²) in [5.74, 6) is -1.61. The number of amides is 2. The van der Waals surface area contributed by atoms with Crippen LogP contribution in [0.4, 0.5) is 22.7 Å². The maximum atomic E-state index is 13.5. The molecule has 250 valence electrons. The van der Waals surface area contributed by atoms with Gasteiger partial charge in [-0.3, -0.25) is 38.4 Å². The monoisotopic (exact) mass is 696 g/mol. The Morgan fingerprint density at radius 1 is 0.562 bits per heavy atom. The normalized spacial score (nSPS) is 11.2. The van der Waals surface area contributed by atoms with Gasteiger partial charge in [0.1, 0.15) is 13.1 Å². The van der Waals surface area contributed by atoms with Gasteiger partial charge in [0, 0.05) is 37.4 Å². The molecule has 4 aromatic carbocycles. The minimum absolute atomic E-state index is 0.127. The maximum absolute atomic E-state index is 13.5. The van der Waals surface area contributed by atoms with E-state index in [0.29, 0.717) is 8.61 Å². The highest BCUT2D eigenvalue weighted by Gasteiger charge is 2.29. The van der Waals surface area contributed by atoms with E-state index in [1.165, 1.54) is 84.9 Å². The molecule has 2 N–H and O–H groups in total. The third kappa shape index (κ3) is 8.47. The van der Waals surface area contributed by atoms with Crippen LogP contribution in [0.25, 0.3) is 0 Å². The quantitative estimate of drug-likeness (QED) is 0.105. The predicted octanol–water partition coefficient (Wildman–Crippen LogP) is 2.83. The summed E-state index contributed by atoms with van der Waals surface area (Å²) < 4.78 is 55.3. The Morgan fingerprint density at radius 3 is 1.25 bits per heavy atom. The number of nitrogens with one attached hydrogen (secondary N) is 2. The molecule has 0 unspecified atom stereocenters. The molecular weight excluding hydrogens is 668 g/mol. The standard InChI is InChI=1S/C30H28N6O10S2/c37-29(21-33(23-9-7-11-25(19-23)35(39)40)47(43,44)27-13-3-1-4-14-27)31-17-18-32-30(38)22-34(24-10-8-12-26(20-24)36(41)42)48(45,46)28-15-5-2-6-16-28/h1-16,19-20H,17-18,21-22H2,(H,31,37)(H,32,38). The van der Waals surface area contributed by atoms with Crippen molar-refractivity contribution in [3.05, 3.63) is 129 Å². The number of hydrogen-bond donors (Lipinski definition) is 2. The molecule has 0 atom stereocenters. The van der Waals surface area contributed by atoms with Crippen LogP contribution < -0.4 is 19.2 Å². The molecule has 0 saturated carbocycles. The summed E-state index contributed by atoms with van der Waals surface area (Å²) in [5.41, 5.74) is -1.04. The summed E-state index contributed by atoms with van der Waals surface area (Å²) in [6, 6.07) is 23.9. The van der Waals surface area contributed by atoms with Gasteiger partial charge in [0.15, 0.2) is 0 Å². The zero-order chi connectivity index (χ0) is 34.9. The Hall–Kier alpha value is -5.88. The van der Waals surface area contributed by atoms with Crippen molar-refractivity contribution >= 4 is 54.6 Å². The molecule has 0 heterocycles. The summed E-state index contributed by atoms with van der Waals surface area (Å²) >= 11 is 0. The number of carbonyl (C=O) groups is 2. The smallest absolute Gasteiger partial charge is 0.271 e. The largest absolute Gasteiger partial charge is 0.353 e. The van der Waals surface area contributed by atoms with Crippen LogP contribution in [0.1, 0.15) is 0 Å². The number of benzene rings is 4. The maximum Gasteiger partial charge on any atom is 0.271 e. The summed E-state index contributed by atoms with van der Waals surface area (Å²) in [6.45, 7) is -1.94. The van der Waals surface area contributed by atoms with Crippen LogP contribution in [0.2, 0.25) is 0 Å². The third-order valence-corrected chi connectivity index (χ3v) is 10.2. The van der Waals surface area contributed by atoms with Gasteiger partial charge in [-0.05, 0) is 36.4 Å². The molecule has 0 aliphatic rings. The fourth-order valence-corrected chi connectivity index (χ4v) is 7.24. The highest BCUT2D eigenvalue weighted by molar-refractivity contribution is 7.93. The van der Waals surface area contributed by atoms with Crippen molar-refractivity contribution in [2.45, 2.75) is 9.79 Å². The van der Waals surface area contributed by atoms with E-state index in [-0.39, 0.29) is 34.3 Å². The molecular formula is C30H28N6O10S2. The van der Waals surface area contributed by atoms with Crippen molar-refractivity contribution in [2.75, 3.05) is 34.8 Å². The van der Waals surface area contributed by atoms with E-state index in [4.69, 9.17) is 0 Å². The van der Waals surface area contributed by atoms with E-state index >= 15 is 0 Å². The first-order valence-corrected chi connectivity index (χ1v) is 16.9. The van der Waals surface area contributed by atoms with Crippen molar-refractivity contribution in [3.63, 3.8) is 0 Å². The number of carbonyl (C=O) groups excluding carboxylic acids is 2. The summed E-state index contributed by atoms with van der Waals surface area (Å²) in [6.07, 6.45) is 0. The van der Waals surface area contributed by atoms with Crippen LogP contribution >= 0.6 is 0 Å². The molecule has 0 saturated heterocycles. The number of nitro benzene ring substituents is 2. The Balaban J connectivity index is 1.45. The Kier molecular flexibility index (Phi) is 11.0. The minimum Gasteiger partial charge on any atom is -0.353 e. The Labute approximate surface area is 275 Å². The van der Waals surface area contributed by atoms with E-state index in [0.717, 1.165) is 12.1 Å². The van der Waals surface area contributed by atoms with E-state index in [9.17, 15) is 46.7 Å². The molecule has 0 radical (unpaired) electrons. The van der Waals surface area contributed by atoms with Crippen LogP contribution in [0, 0.1) is 20.2 Å². The molecule has 2 amide bonds. The molecule has 0 bridgehead atoms. The second-order valence-electron chi connectivity index (χ2n) is 9.90. The van der Waals surface area contributed by atoms with Gasteiger partial charge in [-0.2, -0.15) is 0 Å². The van der Waals surface area contributed by atoms with Crippen LogP contribution in [0.5, 0.6) is 0 Å². The minimum atomic E-state index is -4.35. The predicted molar refractivity (Wildman–Crippen MR) is 174 cm³/mol. The zero-order valence-electron chi connectivity index (χ0n) is 24.9. The number of nitro groups is 2. The highest BCUT2D eigenvalue weighted by Crippen LogP contribution is 2.28. The molecule has 0 aliphatic carbocycles. The first kappa shape index (κ1) is 35.0. The lowest BCUT2D eigenvalue weighted by Crippen LogP contribution is -2.45. The van der Waals surface area contributed by atoms with Gasteiger partial charge in [0.05, 0.1) is 31.0 Å². The molecule has 48 heavy (non-hydrogen) atoms. The van der Waals surface area contributed by atoms with Crippen molar-refractivity contribution in [2.24, 2.45) is 0 Å². The van der Waals surface area contributed by atoms with Crippen molar-refractivity contribution < 1.29 is 36.3 Å². The lowest BCUT2D eigenvalue weighted by atomic mass is 10.3. The van der Waals surface area contributed by atoms with Crippen LogP contribution in [0.3, 0.4) is 0 Å². The lowest BCUT2D eigenvalue weighted by molar-refractivity contribution is -0.385. The Bertz CT molecular complexity index is 1880. The van der Waals surface area contributed by atoms with E-state index < -0.39 is 66.2 Å². The summed E-state index contributed by atoms with van der Waals surface area (Å²) in [7, 11) is -8.69. The molecule has 0 spiro atoms. The van der Waals surface area contributed by atoms with Crippen LogP contribution in [-0.4, -0.2) is 64.7 Å². The van der Waals surface area contributed by atoms with Gasteiger partial charge in [-0.15, -0.1) is 0 Å². The number of anilines is 2. The summed E-state index contributed by atoms with van der Waals surface area (Å²) in [4.78, 5) is 46.7. The average Bonchev–Trinajstić information content (AvgIpc) is 3.08. The fraction of sp³-hybridized carbons (Fsp3) is 0.133. The summed E-state index contributed by atoms with van der Waals surface area (Å²) in [5, 5.41) is 27.6. The lowest BCUT2D eigenvalue weighted by Gasteiger charge is -2.24. The fourth-order valence-electron chi connectivity index (χ4n) is 4.37. The number of sulfonamides is 2.